The Bertz CT molecular complexity index is 940. The molecular weight excluding hydrogens is 337 g/mol. The second-order valence-corrected chi connectivity index (χ2v) is 5.92. The Morgan fingerprint density at radius 1 is 1.32 bits per heavy atom. The lowest BCUT2D eigenvalue weighted by Gasteiger charge is -2.07. The number of halogens is 3. The van der Waals surface area contributed by atoms with E-state index in [-0.39, 0.29) is 23.8 Å². The van der Waals surface area contributed by atoms with E-state index in [0.717, 1.165) is 30.7 Å². The van der Waals surface area contributed by atoms with Crippen LogP contribution in [0.15, 0.2) is 24.4 Å². The third kappa shape index (κ3) is 3.06. The summed E-state index contributed by atoms with van der Waals surface area (Å²) in [6.07, 6.45) is -1.02. The fourth-order valence-electron chi connectivity index (χ4n) is 2.54. The van der Waals surface area contributed by atoms with Crippen molar-refractivity contribution >= 4 is 11.6 Å². The van der Waals surface area contributed by atoms with Crippen LogP contribution < -0.4 is 5.32 Å². The van der Waals surface area contributed by atoms with Crippen LogP contribution in [-0.2, 0) is 12.7 Å². The molecule has 0 atom stereocenters. The molecule has 7 nitrogen and oxygen atoms in total. The molecule has 0 unspecified atom stereocenters. The van der Waals surface area contributed by atoms with Gasteiger partial charge in [-0.1, -0.05) is 0 Å². The molecule has 3 aromatic heterocycles. The highest BCUT2D eigenvalue weighted by Crippen LogP contribution is 2.39. The van der Waals surface area contributed by atoms with Crippen LogP contribution in [0.25, 0.3) is 5.65 Å². The summed E-state index contributed by atoms with van der Waals surface area (Å²) >= 11 is 0. The first kappa shape index (κ1) is 15.6. The van der Waals surface area contributed by atoms with Crippen molar-refractivity contribution in [1.29, 1.82) is 0 Å². The lowest BCUT2D eigenvalue weighted by atomic mass is 10.2. The van der Waals surface area contributed by atoms with Crippen LogP contribution >= 0.6 is 0 Å². The number of hydrogen-bond acceptors (Lipinski definition) is 4. The van der Waals surface area contributed by atoms with Crippen LogP contribution in [0, 0.1) is 0 Å². The number of hydrogen-bond donors (Lipinski definition) is 2. The topological polar surface area (TPSA) is 88.0 Å². The zero-order chi connectivity index (χ0) is 17.6. The fourth-order valence-corrected chi connectivity index (χ4v) is 2.54. The van der Waals surface area contributed by atoms with Crippen molar-refractivity contribution in [2.45, 2.75) is 31.5 Å². The number of alkyl halides is 3. The molecule has 25 heavy (non-hydrogen) atoms. The van der Waals surface area contributed by atoms with Crippen LogP contribution in [0.3, 0.4) is 0 Å². The third-order valence-corrected chi connectivity index (χ3v) is 4.06. The number of nitrogens with one attached hydrogen (secondary N) is 2. The number of pyridine rings is 1. The third-order valence-electron chi connectivity index (χ3n) is 4.06. The lowest BCUT2D eigenvalue weighted by molar-refractivity contribution is -0.137. The Morgan fingerprint density at radius 2 is 2.12 bits per heavy atom. The van der Waals surface area contributed by atoms with Crippen molar-refractivity contribution in [1.82, 2.24) is 30.1 Å². The highest BCUT2D eigenvalue weighted by molar-refractivity contribution is 5.92. The van der Waals surface area contributed by atoms with Gasteiger partial charge in [-0.05, 0) is 31.0 Å². The van der Waals surface area contributed by atoms with Crippen LogP contribution in [-0.4, -0.2) is 30.7 Å². The first-order chi connectivity index (χ1) is 11.9. The molecule has 1 saturated carbocycles. The van der Waals surface area contributed by atoms with E-state index >= 15 is 0 Å². The summed E-state index contributed by atoms with van der Waals surface area (Å²) in [5.41, 5.74) is 0.481. The molecule has 0 bridgehead atoms. The molecule has 4 rings (SSSR count). The van der Waals surface area contributed by atoms with Gasteiger partial charge >= 0.3 is 6.18 Å². The lowest BCUT2D eigenvalue weighted by Crippen LogP contribution is -2.24. The number of carbonyl (C=O) groups excluding carboxylic acids is 1. The predicted octanol–water partition coefficient (Wildman–Crippen LogP) is 2.28. The van der Waals surface area contributed by atoms with Gasteiger partial charge in [-0.2, -0.15) is 18.3 Å². The maximum atomic E-state index is 12.7. The Kier molecular flexibility index (Phi) is 3.48. The average molecular weight is 350 g/mol. The minimum absolute atomic E-state index is 0.0248. The first-order valence-corrected chi connectivity index (χ1v) is 7.66. The van der Waals surface area contributed by atoms with Crippen molar-refractivity contribution in [3.63, 3.8) is 0 Å². The number of amides is 1. The minimum Gasteiger partial charge on any atom is -0.343 e. The maximum absolute atomic E-state index is 12.7. The number of rotatable bonds is 4. The monoisotopic (exact) mass is 350 g/mol. The molecule has 2 N–H and O–H groups in total. The maximum Gasteiger partial charge on any atom is 0.416 e. The van der Waals surface area contributed by atoms with Crippen molar-refractivity contribution < 1.29 is 18.0 Å². The number of H-pyrrole nitrogens is 1. The van der Waals surface area contributed by atoms with E-state index < -0.39 is 11.7 Å². The Labute approximate surface area is 139 Å². The van der Waals surface area contributed by atoms with E-state index in [1.54, 1.807) is 6.07 Å². The number of aromatic amines is 1. The van der Waals surface area contributed by atoms with Gasteiger partial charge in [0.25, 0.3) is 5.91 Å². The summed E-state index contributed by atoms with van der Waals surface area (Å²) in [5.74, 6) is 0.402. The number of carbonyl (C=O) groups is 1. The number of aromatic nitrogens is 5. The highest BCUT2D eigenvalue weighted by atomic mass is 19.4. The van der Waals surface area contributed by atoms with E-state index in [2.05, 4.69) is 25.7 Å². The summed E-state index contributed by atoms with van der Waals surface area (Å²) in [7, 11) is 0. The van der Waals surface area contributed by atoms with Crippen LogP contribution in [0.1, 0.15) is 46.3 Å². The Morgan fingerprint density at radius 3 is 2.84 bits per heavy atom. The van der Waals surface area contributed by atoms with Gasteiger partial charge in [0.15, 0.2) is 11.5 Å². The largest absolute Gasteiger partial charge is 0.416 e. The zero-order valence-electron chi connectivity index (χ0n) is 12.8. The molecule has 3 aromatic rings. The van der Waals surface area contributed by atoms with Gasteiger partial charge in [0, 0.05) is 17.8 Å². The quantitative estimate of drug-likeness (QED) is 0.756. The van der Waals surface area contributed by atoms with Gasteiger partial charge in [-0.25, -0.2) is 0 Å². The smallest absolute Gasteiger partial charge is 0.343 e. The summed E-state index contributed by atoms with van der Waals surface area (Å²) < 4.78 is 39.5. The molecule has 10 heteroatoms. The number of fused-ring (bicyclic) bond motifs is 1. The normalized spacial score (nSPS) is 14.8. The Hall–Kier alpha value is -2.91. The predicted molar refractivity (Wildman–Crippen MR) is 79.7 cm³/mol. The molecule has 1 amide bonds. The van der Waals surface area contributed by atoms with Crippen molar-refractivity contribution in [2.24, 2.45) is 0 Å². The van der Waals surface area contributed by atoms with Gasteiger partial charge in [-0.3, -0.25) is 14.3 Å². The van der Waals surface area contributed by atoms with Gasteiger partial charge in [0.05, 0.1) is 12.1 Å². The van der Waals surface area contributed by atoms with Crippen molar-refractivity contribution in [3.8, 4) is 0 Å². The first-order valence-electron chi connectivity index (χ1n) is 7.66. The summed E-state index contributed by atoms with van der Waals surface area (Å²) in [6.45, 7) is 0.0248. The molecule has 0 aliphatic heterocycles. The van der Waals surface area contributed by atoms with Gasteiger partial charge in [0.1, 0.15) is 5.69 Å². The average Bonchev–Trinajstić information content (AvgIpc) is 3.16. The van der Waals surface area contributed by atoms with E-state index in [9.17, 15) is 18.0 Å². The summed E-state index contributed by atoms with van der Waals surface area (Å²) in [5, 5.41) is 17.0. The molecule has 0 saturated heterocycles. The molecule has 1 aliphatic carbocycles. The molecule has 0 aromatic carbocycles. The van der Waals surface area contributed by atoms with Crippen LogP contribution in [0.2, 0.25) is 0 Å². The second kappa shape index (κ2) is 5.57. The van der Waals surface area contributed by atoms with Crippen molar-refractivity contribution in [3.05, 3.63) is 47.2 Å². The van der Waals surface area contributed by atoms with E-state index in [1.165, 1.54) is 10.6 Å². The fraction of sp³-hybridized carbons (Fsp3) is 0.333. The van der Waals surface area contributed by atoms with Gasteiger partial charge in [0.2, 0.25) is 0 Å². The SMILES string of the molecule is O=C(NCc1nnc2cc(C(F)(F)F)ccn12)c1cc(C2CC2)[nH]n1. The molecular formula is C15H13F3N6O. The second-order valence-electron chi connectivity index (χ2n) is 5.92. The molecule has 130 valence electrons. The van der Waals surface area contributed by atoms with Crippen LogP contribution in [0.5, 0.6) is 0 Å². The molecule has 3 heterocycles. The summed E-state index contributed by atoms with van der Waals surface area (Å²) in [4.78, 5) is 12.1. The minimum atomic E-state index is -4.44. The van der Waals surface area contributed by atoms with E-state index in [4.69, 9.17) is 0 Å². The van der Waals surface area contributed by atoms with Gasteiger partial charge in [-0.15, -0.1) is 10.2 Å². The van der Waals surface area contributed by atoms with E-state index in [1.807, 2.05) is 0 Å². The molecule has 0 radical (unpaired) electrons. The van der Waals surface area contributed by atoms with Crippen LogP contribution in [0.4, 0.5) is 13.2 Å². The Balaban J connectivity index is 1.47. The molecule has 0 spiro atoms. The number of nitrogens with zero attached hydrogens (tertiary/aromatic N) is 4. The summed E-state index contributed by atoms with van der Waals surface area (Å²) in [6, 6.07) is 3.57. The molecule has 1 aliphatic rings. The highest BCUT2D eigenvalue weighted by Gasteiger charge is 2.31. The van der Waals surface area contributed by atoms with Gasteiger partial charge < -0.3 is 5.32 Å². The van der Waals surface area contributed by atoms with Crippen molar-refractivity contribution in [2.75, 3.05) is 0 Å². The van der Waals surface area contributed by atoms with E-state index in [0.29, 0.717) is 11.7 Å². The zero-order valence-corrected chi connectivity index (χ0v) is 12.8. The standard InChI is InChI=1S/C15H13F3N6O/c16-15(17,18)9-3-4-24-12(5-9)22-23-13(24)7-19-14(25)11-6-10(20-21-11)8-1-2-8/h3-6,8H,1-2,7H2,(H,19,25)(H,20,21). The molecule has 1 fully saturated rings.